The van der Waals surface area contributed by atoms with Crippen molar-refractivity contribution in [1.29, 1.82) is 0 Å². The van der Waals surface area contributed by atoms with Gasteiger partial charge in [-0.3, -0.25) is 29.8 Å². The van der Waals surface area contributed by atoms with E-state index < -0.39 is 83.0 Å². The minimum atomic E-state index is -1.76. The van der Waals surface area contributed by atoms with Crippen LogP contribution >= 0.6 is 11.6 Å². The Morgan fingerprint density at radius 3 is 1.51 bits per heavy atom. The summed E-state index contributed by atoms with van der Waals surface area (Å²) in [5, 5.41) is 44.7. The molecule has 0 radical (unpaired) electrons. The van der Waals surface area contributed by atoms with Crippen LogP contribution < -0.4 is 45.0 Å². The van der Waals surface area contributed by atoms with Crippen molar-refractivity contribution in [2.24, 2.45) is 11.5 Å². The number of fused-ring (bicyclic) bond motifs is 6. The lowest BCUT2D eigenvalue weighted by molar-refractivity contribution is -0.385. The second-order valence-electron chi connectivity index (χ2n) is 15.2. The molecule has 0 saturated carbocycles. The lowest BCUT2D eigenvalue weighted by Crippen LogP contribution is -2.46. The lowest BCUT2D eigenvalue weighted by atomic mass is 9.77. The third-order valence-electron chi connectivity index (χ3n) is 11.4. The first-order chi connectivity index (χ1) is 32.1. The van der Waals surface area contributed by atoms with Crippen molar-refractivity contribution >= 4 is 52.1 Å². The number of benzene rings is 5. The number of amides is 2. The number of nitro benzene ring substituents is 2. The Bertz CT molecular complexity index is 2670. The molecule has 0 bridgehead atoms. The molecule has 0 fully saturated rings. The summed E-state index contributed by atoms with van der Waals surface area (Å²) in [4.78, 5) is 67.6. The summed E-state index contributed by atoms with van der Waals surface area (Å²) < 4.78 is 34.3. The first kappa shape index (κ1) is 47.4. The van der Waals surface area contributed by atoms with Gasteiger partial charge in [0.2, 0.25) is 11.8 Å². The molecule has 5 aromatic carbocycles. The molecular formula is C45H43ClN6O15. The first-order valence-corrected chi connectivity index (χ1v) is 20.7. The Morgan fingerprint density at radius 1 is 0.687 bits per heavy atom. The van der Waals surface area contributed by atoms with Gasteiger partial charge < -0.3 is 59.9 Å². The number of nitrogens with two attached hydrogens (primary N) is 2. The number of anilines is 2. The molecule has 2 heterocycles. The van der Waals surface area contributed by atoms with Gasteiger partial charge in [0.25, 0.3) is 11.4 Å². The molecule has 22 heteroatoms. The Kier molecular flexibility index (Phi) is 13.5. The van der Waals surface area contributed by atoms with E-state index in [0.717, 1.165) is 21.9 Å². The van der Waals surface area contributed by atoms with Gasteiger partial charge in [-0.1, -0.05) is 6.07 Å². The van der Waals surface area contributed by atoms with Crippen molar-refractivity contribution in [2.75, 3.05) is 51.5 Å². The standard InChI is InChI=1S/C45H43ClN6O15/c1-62-38-12-24(34(51(58)59)16-40(38)64-3)19-49(42(55)32(47)21-53)26-6-9-29-36(14-26)66-37-15-27(7-10-30(37)45(29)31-11-23(18-46)5-8-28(31)44(57)67-45)50(43(56)33(48)22-54)20-25-13-39(63-2)41(65-4)17-35(25)52(60)61/h5-17,32-33,53-54H,18-22,47-48H2,1-4H3. The maximum absolute atomic E-state index is 14.1. The van der Waals surface area contributed by atoms with E-state index in [-0.39, 0.29) is 79.6 Å². The van der Waals surface area contributed by atoms with E-state index in [1.165, 1.54) is 77.0 Å². The number of esters is 1. The van der Waals surface area contributed by atoms with E-state index >= 15 is 0 Å². The number of hydrogen-bond donors (Lipinski definition) is 4. The number of aliphatic hydroxyl groups excluding tert-OH is 2. The molecule has 2 aliphatic rings. The number of ether oxygens (including phenoxy) is 6. The van der Waals surface area contributed by atoms with Gasteiger partial charge in [-0.05, 0) is 54.1 Å². The van der Waals surface area contributed by atoms with Crippen LogP contribution in [-0.4, -0.2) is 91.6 Å². The molecule has 2 aliphatic heterocycles. The number of nitro groups is 2. The number of rotatable bonds is 17. The van der Waals surface area contributed by atoms with Crippen LogP contribution in [-0.2, 0) is 38.9 Å². The van der Waals surface area contributed by atoms with Gasteiger partial charge in [0, 0.05) is 46.1 Å². The predicted octanol–water partition coefficient (Wildman–Crippen LogP) is 4.55. The highest BCUT2D eigenvalue weighted by atomic mass is 35.5. The molecule has 7 rings (SSSR count). The maximum Gasteiger partial charge on any atom is 0.340 e. The topological polar surface area (TPSA) is 292 Å². The average Bonchev–Trinajstić information content (AvgIpc) is 3.63. The largest absolute Gasteiger partial charge is 0.493 e. The monoisotopic (exact) mass is 942 g/mol. The number of methoxy groups -OCH3 is 4. The molecular weight excluding hydrogens is 900 g/mol. The van der Waals surface area contributed by atoms with Crippen molar-refractivity contribution in [2.45, 2.75) is 36.7 Å². The minimum absolute atomic E-state index is 0.000877. The van der Waals surface area contributed by atoms with Crippen molar-refractivity contribution in [3.8, 4) is 34.5 Å². The quantitative estimate of drug-likeness (QED) is 0.0430. The third kappa shape index (κ3) is 8.45. The smallest absolute Gasteiger partial charge is 0.340 e. The first-order valence-electron chi connectivity index (χ1n) is 20.1. The van der Waals surface area contributed by atoms with Crippen LogP contribution in [0.4, 0.5) is 22.7 Å². The van der Waals surface area contributed by atoms with Crippen LogP contribution in [0.25, 0.3) is 0 Å². The van der Waals surface area contributed by atoms with E-state index in [4.69, 9.17) is 51.5 Å². The van der Waals surface area contributed by atoms with Crippen molar-refractivity contribution in [3.63, 3.8) is 0 Å². The molecule has 350 valence electrons. The van der Waals surface area contributed by atoms with E-state index in [0.29, 0.717) is 11.1 Å². The minimum Gasteiger partial charge on any atom is -0.493 e. The zero-order valence-electron chi connectivity index (χ0n) is 36.2. The highest BCUT2D eigenvalue weighted by molar-refractivity contribution is 6.17. The summed E-state index contributed by atoms with van der Waals surface area (Å²) in [5.74, 6) is -2.00. The fraction of sp³-hybridized carbons (Fsp3) is 0.267. The normalized spacial score (nSPS) is 15.2. The van der Waals surface area contributed by atoms with Gasteiger partial charge in [-0.2, -0.15) is 0 Å². The van der Waals surface area contributed by atoms with E-state index in [9.17, 15) is 44.8 Å². The van der Waals surface area contributed by atoms with Crippen molar-refractivity contribution < 1.29 is 62.9 Å². The molecule has 0 aliphatic carbocycles. The molecule has 2 atom stereocenters. The molecule has 0 saturated heterocycles. The van der Waals surface area contributed by atoms with Crippen LogP contribution in [0.5, 0.6) is 34.5 Å². The van der Waals surface area contributed by atoms with E-state index in [1.807, 2.05) is 0 Å². The molecule has 67 heavy (non-hydrogen) atoms. The van der Waals surface area contributed by atoms with Gasteiger partial charge in [0.1, 0.15) is 23.6 Å². The van der Waals surface area contributed by atoms with Gasteiger partial charge in [-0.15, -0.1) is 11.6 Å². The molecule has 5 aromatic rings. The summed E-state index contributed by atoms with van der Waals surface area (Å²) in [6.07, 6.45) is 0. The van der Waals surface area contributed by atoms with Crippen LogP contribution in [0, 0.1) is 20.2 Å². The van der Waals surface area contributed by atoms with Crippen LogP contribution in [0.2, 0.25) is 0 Å². The fourth-order valence-electron chi connectivity index (χ4n) is 8.07. The number of halogens is 1. The summed E-state index contributed by atoms with van der Waals surface area (Å²) in [7, 11) is 5.27. The van der Waals surface area contributed by atoms with Crippen molar-refractivity contribution in [1.82, 2.24) is 0 Å². The Balaban J connectivity index is 1.44. The average molecular weight is 943 g/mol. The number of alkyl halides is 1. The van der Waals surface area contributed by atoms with Crippen LogP contribution in [0.3, 0.4) is 0 Å². The van der Waals surface area contributed by atoms with Crippen LogP contribution in [0.15, 0.2) is 78.9 Å². The number of carbonyl (C=O) groups excluding carboxylic acids is 3. The summed E-state index contributed by atoms with van der Waals surface area (Å²) in [6, 6.07) is 15.8. The van der Waals surface area contributed by atoms with Crippen LogP contribution in [0.1, 0.15) is 43.7 Å². The highest BCUT2D eigenvalue weighted by Crippen LogP contribution is 2.57. The van der Waals surface area contributed by atoms with Crippen molar-refractivity contribution in [3.05, 3.63) is 138 Å². The van der Waals surface area contributed by atoms with Gasteiger partial charge in [0.05, 0.1) is 93.4 Å². The number of nitrogens with zero attached hydrogens (tertiary/aromatic N) is 4. The van der Waals surface area contributed by atoms with Gasteiger partial charge in [0.15, 0.2) is 28.6 Å². The molecule has 21 nitrogen and oxygen atoms in total. The maximum atomic E-state index is 14.1. The molecule has 1 spiro atoms. The second-order valence-corrected chi connectivity index (χ2v) is 15.4. The Labute approximate surface area is 386 Å². The SMILES string of the molecule is COc1cc(CN(C(=O)C(N)CO)c2ccc3c(c2)Oc2cc(N(Cc4cc(OC)c(OC)cc4[N+](=O)[O-])C(=O)C(N)CO)ccc2C32OC(=O)c3ccc(CCl)cc32)c([N+](=O)[O-])cc1OC. The van der Waals surface area contributed by atoms with Gasteiger partial charge >= 0.3 is 5.97 Å². The molecule has 6 N–H and O–H groups in total. The Hall–Kier alpha value is -7.56. The second kappa shape index (κ2) is 19.1. The molecule has 2 unspecified atom stereocenters. The number of carbonyl (C=O) groups is 3. The van der Waals surface area contributed by atoms with Gasteiger partial charge in [-0.25, -0.2) is 4.79 Å². The lowest BCUT2D eigenvalue weighted by Gasteiger charge is -2.38. The van der Waals surface area contributed by atoms with E-state index in [2.05, 4.69) is 0 Å². The van der Waals surface area contributed by atoms with E-state index in [1.54, 1.807) is 18.2 Å². The number of hydrogen-bond acceptors (Lipinski definition) is 17. The summed E-state index contributed by atoms with van der Waals surface area (Å²) in [5.41, 5.74) is 11.4. The number of aliphatic hydroxyl groups is 2. The third-order valence-corrected chi connectivity index (χ3v) is 11.7. The zero-order valence-corrected chi connectivity index (χ0v) is 37.0. The Morgan fingerprint density at radius 2 is 1.12 bits per heavy atom. The molecule has 0 aromatic heterocycles. The highest BCUT2D eigenvalue weighted by Gasteiger charge is 2.54. The predicted molar refractivity (Wildman–Crippen MR) is 239 cm³/mol. The summed E-state index contributed by atoms with van der Waals surface area (Å²) >= 11 is 6.31. The zero-order chi connectivity index (χ0) is 48.5. The fourth-order valence-corrected chi connectivity index (χ4v) is 8.24. The molecule has 2 amide bonds. The summed E-state index contributed by atoms with van der Waals surface area (Å²) in [6.45, 7) is -2.53.